The van der Waals surface area contributed by atoms with Crippen molar-refractivity contribution in [1.82, 2.24) is 20.0 Å². The Morgan fingerprint density at radius 2 is 2.09 bits per heavy atom. The first-order chi connectivity index (χ1) is 10.6. The van der Waals surface area contributed by atoms with Crippen LogP contribution in [-0.4, -0.2) is 40.2 Å². The Hall–Kier alpha value is -2.14. The highest BCUT2D eigenvalue weighted by Crippen LogP contribution is 2.19. The lowest BCUT2D eigenvalue weighted by molar-refractivity contribution is -0.121. The first kappa shape index (κ1) is 14.8. The van der Waals surface area contributed by atoms with Crippen LogP contribution in [-0.2, 0) is 11.3 Å². The molecule has 1 aliphatic rings. The monoisotopic (exact) mass is 298 g/mol. The van der Waals surface area contributed by atoms with Crippen LogP contribution >= 0.6 is 0 Å². The molecule has 1 saturated heterocycles. The SMILES string of the molecule is Cc1cc(C)n(-c2ccccc2CN2CCCNC(=O)C2)n1. The summed E-state index contributed by atoms with van der Waals surface area (Å²) in [6, 6.07) is 10.4. The van der Waals surface area contributed by atoms with Crippen molar-refractivity contribution in [3.05, 3.63) is 47.3 Å². The third-order valence-corrected chi connectivity index (χ3v) is 3.96. The molecule has 0 aliphatic carbocycles. The molecule has 3 rings (SSSR count). The summed E-state index contributed by atoms with van der Waals surface area (Å²) in [6.45, 7) is 7.01. The van der Waals surface area contributed by atoms with E-state index in [0.29, 0.717) is 6.54 Å². The molecule has 1 N–H and O–H groups in total. The number of hydrogen-bond donors (Lipinski definition) is 1. The van der Waals surface area contributed by atoms with E-state index in [9.17, 15) is 4.79 Å². The topological polar surface area (TPSA) is 50.2 Å². The third kappa shape index (κ3) is 3.20. The number of carbonyl (C=O) groups is 1. The van der Waals surface area contributed by atoms with Crippen LogP contribution in [0, 0.1) is 13.8 Å². The first-order valence-electron chi connectivity index (χ1n) is 7.74. The molecule has 0 spiro atoms. The molecule has 1 aliphatic heterocycles. The summed E-state index contributed by atoms with van der Waals surface area (Å²) in [5.74, 6) is 0.112. The number of nitrogens with one attached hydrogen (secondary N) is 1. The van der Waals surface area contributed by atoms with Gasteiger partial charge in [-0.3, -0.25) is 9.69 Å². The van der Waals surface area contributed by atoms with Gasteiger partial charge in [-0.05, 0) is 38.0 Å². The Kier molecular flexibility index (Phi) is 4.24. The molecule has 116 valence electrons. The van der Waals surface area contributed by atoms with E-state index < -0.39 is 0 Å². The second-order valence-corrected chi connectivity index (χ2v) is 5.88. The van der Waals surface area contributed by atoms with Crippen LogP contribution in [0.1, 0.15) is 23.4 Å². The Morgan fingerprint density at radius 3 is 2.86 bits per heavy atom. The zero-order chi connectivity index (χ0) is 15.5. The third-order valence-electron chi connectivity index (χ3n) is 3.96. The number of para-hydroxylation sites is 1. The van der Waals surface area contributed by atoms with Gasteiger partial charge in [-0.1, -0.05) is 18.2 Å². The summed E-state index contributed by atoms with van der Waals surface area (Å²) in [5.41, 5.74) is 4.43. The average molecular weight is 298 g/mol. The molecule has 0 unspecified atom stereocenters. The zero-order valence-electron chi connectivity index (χ0n) is 13.2. The van der Waals surface area contributed by atoms with Crippen molar-refractivity contribution < 1.29 is 4.79 Å². The van der Waals surface area contributed by atoms with Gasteiger partial charge in [-0.25, -0.2) is 4.68 Å². The molecule has 1 amide bonds. The summed E-state index contributed by atoms with van der Waals surface area (Å²) in [7, 11) is 0. The van der Waals surface area contributed by atoms with E-state index in [2.05, 4.69) is 40.4 Å². The van der Waals surface area contributed by atoms with Crippen LogP contribution in [0.2, 0.25) is 0 Å². The van der Waals surface area contributed by atoms with E-state index in [4.69, 9.17) is 0 Å². The van der Waals surface area contributed by atoms with E-state index in [1.807, 2.05) is 23.7 Å². The van der Waals surface area contributed by atoms with Gasteiger partial charge in [0.25, 0.3) is 0 Å². The molecule has 22 heavy (non-hydrogen) atoms. The molecule has 0 saturated carbocycles. The molecule has 1 fully saturated rings. The number of rotatable bonds is 3. The lowest BCUT2D eigenvalue weighted by atomic mass is 10.1. The van der Waals surface area contributed by atoms with Crippen LogP contribution in [0.25, 0.3) is 5.69 Å². The smallest absolute Gasteiger partial charge is 0.234 e. The first-order valence-corrected chi connectivity index (χ1v) is 7.74. The van der Waals surface area contributed by atoms with Crippen molar-refractivity contribution in [3.63, 3.8) is 0 Å². The molecule has 0 bridgehead atoms. The standard InChI is InChI=1S/C17H22N4O/c1-13-10-14(2)21(19-13)16-7-4-3-6-15(16)11-20-9-5-8-18-17(22)12-20/h3-4,6-7,10H,5,8-9,11-12H2,1-2H3,(H,18,22). The Labute approximate surface area is 130 Å². The van der Waals surface area contributed by atoms with Crippen LogP contribution in [0.15, 0.2) is 30.3 Å². The van der Waals surface area contributed by atoms with Gasteiger partial charge in [0, 0.05) is 25.3 Å². The van der Waals surface area contributed by atoms with Gasteiger partial charge in [0.15, 0.2) is 0 Å². The normalized spacial score (nSPS) is 16.4. The molecule has 0 atom stereocenters. The van der Waals surface area contributed by atoms with E-state index >= 15 is 0 Å². The summed E-state index contributed by atoms with van der Waals surface area (Å²) in [4.78, 5) is 13.9. The van der Waals surface area contributed by atoms with Crippen LogP contribution in [0.3, 0.4) is 0 Å². The molecule has 5 nitrogen and oxygen atoms in total. The lowest BCUT2D eigenvalue weighted by Gasteiger charge is -2.20. The fourth-order valence-corrected chi connectivity index (χ4v) is 2.97. The van der Waals surface area contributed by atoms with Gasteiger partial charge in [-0.2, -0.15) is 5.10 Å². The van der Waals surface area contributed by atoms with E-state index in [-0.39, 0.29) is 5.91 Å². The largest absolute Gasteiger partial charge is 0.355 e. The molecular weight excluding hydrogens is 276 g/mol. The quantitative estimate of drug-likeness (QED) is 0.940. The maximum Gasteiger partial charge on any atom is 0.234 e. The number of nitrogens with zero attached hydrogens (tertiary/aromatic N) is 3. The minimum atomic E-state index is 0.112. The van der Waals surface area contributed by atoms with Gasteiger partial charge >= 0.3 is 0 Å². The summed E-state index contributed by atoms with van der Waals surface area (Å²) in [6.07, 6.45) is 0.994. The Morgan fingerprint density at radius 1 is 1.27 bits per heavy atom. The molecule has 2 aromatic rings. The summed E-state index contributed by atoms with van der Waals surface area (Å²) in [5, 5.41) is 7.51. The number of carbonyl (C=O) groups excluding carboxylic acids is 1. The van der Waals surface area contributed by atoms with Gasteiger partial charge in [0.05, 0.1) is 17.9 Å². The molecule has 2 heterocycles. The van der Waals surface area contributed by atoms with Gasteiger partial charge in [0.2, 0.25) is 5.91 Å². The number of aromatic nitrogens is 2. The maximum absolute atomic E-state index is 11.7. The fraction of sp³-hybridized carbons (Fsp3) is 0.412. The number of benzene rings is 1. The van der Waals surface area contributed by atoms with Crippen LogP contribution < -0.4 is 5.32 Å². The Bertz CT molecular complexity index is 677. The molecule has 1 aromatic carbocycles. The van der Waals surface area contributed by atoms with Crippen LogP contribution in [0.5, 0.6) is 0 Å². The van der Waals surface area contributed by atoms with E-state index in [1.165, 1.54) is 5.56 Å². The lowest BCUT2D eigenvalue weighted by Crippen LogP contribution is -2.33. The predicted molar refractivity (Wildman–Crippen MR) is 85.9 cm³/mol. The summed E-state index contributed by atoms with van der Waals surface area (Å²) < 4.78 is 1.99. The minimum Gasteiger partial charge on any atom is -0.355 e. The summed E-state index contributed by atoms with van der Waals surface area (Å²) >= 11 is 0. The number of amides is 1. The highest BCUT2D eigenvalue weighted by Gasteiger charge is 2.17. The number of hydrogen-bond acceptors (Lipinski definition) is 3. The van der Waals surface area contributed by atoms with Crippen molar-refractivity contribution in [2.45, 2.75) is 26.8 Å². The van der Waals surface area contributed by atoms with E-state index in [0.717, 1.165) is 43.1 Å². The molecule has 0 radical (unpaired) electrons. The van der Waals surface area contributed by atoms with Gasteiger partial charge in [-0.15, -0.1) is 0 Å². The van der Waals surface area contributed by atoms with Crippen LogP contribution in [0.4, 0.5) is 0 Å². The van der Waals surface area contributed by atoms with Crippen molar-refractivity contribution in [1.29, 1.82) is 0 Å². The second kappa shape index (κ2) is 6.32. The zero-order valence-corrected chi connectivity index (χ0v) is 13.2. The predicted octanol–water partition coefficient (Wildman–Crippen LogP) is 1.81. The molecular formula is C17H22N4O. The average Bonchev–Trinajstić information content (AvgIpc) is 2.68. The highest BCUT2D eigenvalue weighted by atomic mass is 16.2. The molecule has 1 aromatic heterocycles. The van der Waals surface area contributed by atoms with Crippen molar-refractivity contribution >= 4 is 5.91 Å². The maximum atomic E-state index is 11.7. The van der Waals surface area contributed by atoms with E-state index in [1.54, 1.807) is 0 Å². The molecule has 5 heteroatoms. The highest BCUT2D eigenvalue weighted by molar-refractivity contribution is 5.78. The fourth-order valence-electron chi connectivity index (χ4n) is 2.97. The van der Waals surface area contributed by atoms with Gasteiger partial charge < -0.3 is 5.32 Å². The van der Waals surface area contributed by atoms with Crippen molar-refractivity contribution in [2.24, 2.45) is 0 Å². The number of aryl methyl sites for hydroxylation is 2. The van der Waals surface area contributed by atoms with Crippen molar-refractivity contribution in [2.75, 3.05) is 19.6 Å². The van der Waals surface area contributed by atoms with Crippen molar-refractivity contribution in [3.8, 4) is 5.69 Å². The Balaban J connectivity index is 1.88. The second-order valence-electron chi connectivity index (χ2n) is 5.88. The minimum absolute atomic E-state index is 0.112. The van der Waals surface area contributed by atoms with Gasteiger partial charge in [0.1, 0.15) is 0 Å².